The number of nitrogens with zero attached hydrogens (tertiary/aromatic N) is 8. The third-order valence-electron chi connectivity index (χ3n) is 3.87. The van der Waals surface area contributed by atoms with Gasteiger partial charge < -0.3 is 9.55 Å². The minimum atomic E-state index is -0.446. The Morgan fingerprint density at radius 2 is 1.92 bits per heavy atom. The van der Waals surface area contributed by atoms with E-state index in [4.69, 9.17) is 0 Å². The van der Waals surface area contributed by atoms with Crippen LogP contribution in [0, 0.1) is 0 Å². The third kappa shape index (κ3) is 1.84. The smallest absolute Gasteiger partial charge is 0.332 e. The molecule has 0 spiro atoms. The van der Waals surface area contributed by atoms with Crippen LogP contribution in [0.1, 0.15) is 0 Å². The fourth-order valence-corrected chi connectivity index (χ4v) is 2.51. The fraction of sp³-hybridized carbons (Fsp3) is 0.231. The zero-order chi connectivity index (χ0) is 17.0. The van der Waals surface area contributed by atoms with E-state index in [9.17, 15) is 9.59 Å². The van der Waals surface area contributed by atoms with Crippen LogP contribution in [0.3, 0.4) is 0 Å². The van der Waals surface area contributed by atoms with Gasteiger partial charge in [-0.3, -0.25) is 13.9 Å². The van der Waals surface area contributed by atoms with Crippen molar-refractivity contribution in [3.63, 3.8) is 0 Å². The second kappa shape index (κ2) is 4.75. The van der Waals surface area contributed by atoms with E-state index in [-0.39, 0.29) is 11.2 Å². The van der Waals surface area contributed by atoms with E-state index in [1.165, 1.54) is 16.3 Å². The van der Waals surface area contributed by atoms with Crippen LogP contribution in [0.4, 0.5) is 0 Å². The normalized spacial score (nSPS) is 11.5. The largest absolute Gasteiger partial charge is 0.332 e. The average molecular weight is 327 g/mol. The highest BCUT2D eigenvalue weighted by Gasteiger charge is 2.16. The number of hydrogen-bond donors (Lipinski definition) is 1. The summed E-state index contributed by atoms with van der Waals surface area (Å²) in [6, 6.07) is 0. The summed E-state index contributed by atoms with van der Waals surface area (Å²) >= 11 is 0. The highest BCUT2D eigenvalue weighted by molar-refractivity contribution is 5.71. The number of aromatic amines is 1. The summed E-state index contributed by atoms with van der Waals surface area (Å²) in [4.78, 5) is 35.4. The van der Waals surface area contributed by atoms with Crippen molar-refractivity contribution in [2.24, 2.45) is 21.1 Å². The zero-order valence-electron chi connectivity index (χ0n) is 13.1. The lowest BCUT2D eigenvalue weighted by Crippen LogP contribution is -2.36. The first kappa shape index (κ1) is 14.1. The zero-order valence-corrected chi connectivity index (χ0v) is 13.1. The lowest BCUT2D eigenvalue weighted by molar-refractivity contribution is 0.708. The summed E-state index contributed by atoms with van der Waals surface area (Å²) < 4.78 is 5.54. The predicted molar refractivity (Wildman–Crippen MR) is 83.7 cm³/mol. The molecule has 4 aromatic heterocycles. The van der Waals surface area contributed by atoms with Crippen LogP contribution in [-0.2, 0) is 21.1 Å². The Balaban J connectivity index is 1.90. The molecular weight excluding hydrogens is 314 g/mol. The number of aryl methyl sites for hydroxylation is 2. The molecule has 0 saturated heterocycles. The van der Waals surface area contributed by atoms with Gasteiger partial charge >= 0.3 is 5.69 Å². The molecule has 0 bridgehead atoms. The van der Waals surface area contributed by atoms with Gasteiger partial charge in [0.2, 0.25) is 5.95 Å². The summed E-state index contributed by atoms with van der Waals surface area (Å²) in [6.45, 7) is 0. The lowest BCUT2D eigenvalue weighted by atomic mass is 10.3. The Hall–Kier alpha value is -3.50. The van der Waals surface area contributed by atoms with Gasteiger partial charge in [-0.1, -0.05) is 5.21 Å². The molecule has 4 aromatic rings. The number of nitrogens with one attached hydrogen (secondary N) is 1. The van der Waals surface area contributed by atoms with E-state index in [0.717, 1.165) is 10.3 Å². The molecule has 1 N–H and O–H groups in total. The second-order valence-corrected chi connectivity index (χ2v) is 5.40. The van der Waals surface area contributed by atoms with Crippen LogP contribution in [0.2, 0.25) is 0 Å². The molecule has 0 atom stereocenters. The Morgan fingerprint density at radius 1 is 1.12 bits per heavy atom. The molecule has 4 rings (SSSR count). The first-order chi connectivity index (χ1) is 11.5. The molecule has 4 heterocycles. The van der Waals surface area contributed by atoms with Crippen molar-refractivity contribution in [2.45, 2.75) is 0 Å². The monoisotopic (exact) mass is 327 g/mol. The standard InChI is InChI=1S/C13H13N9O2/c1-19-6-14-4-8(19)7-5-22(18-17-7)12-15-9-10(16-12)20(2)13(24)21(3)11(9)23/h4-6H,1-3H3,(H,15,16). The Morgan fingerprint density at radius 3 is 2.62 bits per heavy atom. The van der Waals surface area contributed by atoms with Crippen LogP contribution in [0.15, 0.2) is 28.3 Å². The topological polar surface area (TPSA) is 121 Å². The van der Waals surface area contributed by atoms with Gasteiger partial charge in [-0.2, -0.15) is 9.67 Å². The molecule has 11 heteroatoms. The SMILES string of the molecule is Cn1cncc1-c1cn(-c2nc3c([nH]2)c(=O)n(C)c(=O)n3C)nn1. The molecule has 0 aromatic carbocycles. The van der Waals surface area contributed by atoms with Gasteiger partial charge in [0.15, 0.2) is 11.2 Å². The Kier molecular flexibility index (Phi) is 2.79. The minimum Gasteiger partial charge on any atom is -0.332 e. The summed E-state index contributed by atoms with van der Waals surface area (Å²) in [5.41, 5.74) is 0.999. The molecule has 0 aliphatic heterocycles. The predicted octanol–water partition coefficient (Wildman–Crippen LogP) is -1.06. The quantitative estimate of drug-likeness (QED) is 0.501. The van der Waals surface area contributed by atoms with Gasteiger partial charge in [0.25, 0.3) is 5.56 Å². The first-order valence-electron chi connectivity index (χ1n) is 7.02. The lowest BCUT2D eigenvalue weighted by Gasteiger charge is -2.00. The molecule has 0 saturated carbocycles. The van der Waals surface area contributed by atoms with E-state index in [2.05, 4.69) is 25.3 Å². The second-order valence-electron chi connectivity index (χ2n) is 5.40. The Bertz CT molecular complexity index is 1190. The van der Waals surface area contributed by atoms with Crippen molar-refractivity contribution in [2.75, 3.05) is 0 Å². The minimum absolute atomic E-state index is 0.229. The van der Waals surface area contributed by atoms with Gasteiger partial charge in [-0.25, -0.2) is 9.78 Å². The summed E-state index contributed by atoms with van der Waals surface area (Å²) in [6.07, 6.45) is 5.00. The van der Waals surface area contributed by atoms with Crippen molar-refractivity contribution in [1.82, 2.24) is 43.6 Å². The summed E-state index contributed by atoms with van der Waals surface area (Å²) in [7, 11) is 4.82. The van der Waals surface area contributed by atoms with Gasteiger partial charge in [0, 0.05) is 21.1 Å². The molecular formula is C13H13N9O2. The number of fused-ring (bicyclic) bond motifs is 1. The van der Waals surface area contributed by atoms with Gasteiger partial charge in [0.05, 0.1) is 24.4 Å². The first-order valence-corrected chi connectivity index (χ1v) is 7.02. The molecule has 0 fully saturated rings. The fourth-order valence-electron chi connectivity index (χ4n) is 2.51. The van der Waals surface area contributed by atoms with Crippen LogP contribution >= 0.6 is 0 Å². The van der Waals surface area contributed by atoms with Crippen LogP contribution < -0.4 is 11.2 Å². The molecule has 0 aliphatic rings. The van der Waals surface area contributed by atoms with Crippen LogP contribution in [0.5, 0.6) is 0 Å². The number of H-pyrrole nitrogens is 1. The number of imidazole rings is 2. The maximum atomic E-state index is 12.2. The van der Waals surface area contributed by atoms with Crippen molar-refractivity contribution in [3.8, 4) is 17.3 Å². The van der Waals surface area contributed by atoms with E-state index in [1.807, 2.05) is 11.6 Å². The Labute approximate surface area is 133 Å². The van der Waals surface area contributed by atoms with Crippen LogP contribution in [-0.4, -0.2) is 43.6 Å². The van der Waals surface area contributed by atoms with Gasteiger partial charge in [-0.15, -0.1) is 5.10 Å². The third-order valence-corrected chi connectivity index (χ3v) is 3.87. The van der Waals surface area contributed by atoms with Gasteiger partial charge in [0.1, 0.15) is 5.69 Å². The van der Waals surface area contributed by atoms with Gasteiger partial charge in [-0.05, 0) is 0 Å². The molecule has 0 radical (unpaired) electrons. The van der Waals surface area contributed by atoms with Crippen LogP contribution in [0.25, 0.3) is 28.5 Å². The van der Waals surface area contributed by atoms with E-state index in [1.54, 1.807) is 25.8 Å². The number of hydrogen-bond acceptors (Lipinski definition) is 6. The summed E-state index contributed by atoms with van der Waals surface area (Å²) in [5.74, 6) is 0.296. The van der Waals surface area contributed by atoms with E-state index < -0.39 is 11.2 Å². The summed E-state index contributed by atoms with van der Waals surface area (Å²) in [5, 5.41) is 8.10. The van der Waals surface area contributed by atoms with E-state index in [0.29, 0.717) is 11.6 Å². The van der Waals surface area contributed by atoms with Crippen molar-refractivity contribution in [3.05, 3.63) is 39.6 Å². The highest BCUT2D eigenvalue weighted by atomic mass is 16.2. The molecule has 0 unspecified atom stereocenters. The highest BCUT2D eigenvalue weighted by Crippen LogP contribution is 2.16. The number of aromatic nitrogens is 9. The molecule has 122 valence electrons. The molecule has 0 amide bonds. The van der Waals surface area contributed by atoms with Crippen molar-refractivity contribution >= 4 is 11.2 Å². The van der Waals surface area contributed by atoms with Crippen molar-refractivity contribution in [1.29, 1.82) is 0 Å². The van der Waals surface area contributed by atoms with Crippen molar-refractivity contribution < 1.29 is 0 Å². The average Bonchev–Trinajstić information content (AvgIpc) is 3.28. The maximum absolute atomic E-state index is 12.2. The number of rotatable bonds is 2. The molecule has 11 nitrogen and oxygen atoms in total. The maximum Gasteiger partial charge on any atom is 0.332 e. The van der Waals surface area contributed by atoms with E-state index >= 15 is 0 Å². The molecule has 24 heavy (non-hydrogen) atoms. The molecule has 0 aliphatic carbocycles.